The molecule has 0 saturated heterocycles. The third-order valence-electron chi connectivity index (χ3n) is 6.09. The molecule has 0 saturated carbocycles. The first-order valence-corrected chi connectivity index (χ1v) is 11.8. The number of ether oxygens (including phenoxy) is 4. The first kappa shape index (κ1) is 26.7. The van der Waals surface area contributed by atoms with Gasteiger partial charge in [0, 0.05) is 39.0 Å². The summed E-state index contributed by atoms with van der Waals surface area (Å²) in [6.07, 6.45) is 1.02. The molecule has 3 rings (SSSR count). The van der Waals surface area contributed by atoms with Crippen LogP contribution in [0.25, 0.3) is 0 Å². The van der Waals surface area contributed by atoms with E-state index >= 15 is 0 Å². The van der Waals surface area contributed by atoms with Crippen LogP contribution in [0.1, 0.15) is 55.7 Å². The summed E-state index contributed by atoms with van der Waals surface area (Å²) in [5, 5.41) is 20.4. The summed E-state index contributed by atoms with van der Waals surface area (Å²) in [4.78, 5) is 23.8. The van der Waals surface area contributed by atoms with Crippen LogP contribution in [0.3, 0.4) is 0 Å². The highest BCUT2D eigenvalue weighted by Crippen LogP contribution is 2.34. The van der Waals surface area contributed by atoms with E-state index in [-0.39, 0.29) is 17.4 Å². The molecular weight excluding hydrogens is 464 g/mol. The van der Waals surface area contributed by atoms with Gasteiger partial charge in [0.05, 0.1) is 14.2 Å². The van der Waals surface area contributed by atoms with Crippen molar-refractivity contribution in [2.75, 3.05) is 14.2 Å². The summed E-state index contributed by atoms with van der Waals surface area (Å²) in [5.74, 6) is 5.96. The van der Waals surface area contributed by atoms with Crippen molar-refractivity contribution in [3.05, 3.63) is 47.0 Å². The first-order chi connectivity index (χ1) is 17.2. The number of aromatic hydroxyl groups is 2. The Kier molecular flexibility index (Phi) is 9.07. The van der Waals surface area contributed by atoms with Crippen LogP contribution >= 0.6 is 0 Å². The Labute approximate surface area is 211 Å². The second kappa shape index (κ2) is 12.2. The number of aryl methyl sites for hydroxylation is 1. The zero-order valence-electron chi connectivity index (χ0n) is 21.0. The maximum atomic E-state index is 11.9. The highest BCUT2D eigenvalue weighted by atomic mass is 16.6. The largest absolute Gasteiger partial charge is 0.504 e. The molecule has 2 N–H and O–H groups in total. The predicted octanol–water partition coefficient (Wildman–Crippen LogP) is 4.03. The zero-order chi connectivity index (χ0) is 26.2. The minimum atomic E-state index is -0.556. The quantitative estimate of drug-likeness (QED) is 0.471. The summed E-state index contributed by atoms with van der Waals surface area (Å²) in [6, 6.07) is 8.42. The lowest BCUT2D eigenvalue weighted by Crippen LogP contribution is -2.28. The van der Waals surface area contributed by atoms with Gasteiger partial charge >= 0.3 is 11.9 Å². The van der Waals surface area contributed by atoms with Gasteiger partial charge in [-0.15, -0.1) is 0 Å². The number of hydrogen-bond donors (Lipinski definition) is 2. The Morgan fingerprint density at radius 3 is 2.19 bits per heavy atom. The smallest absolute Gasteiger partial charge is 0.302 e. The number of fused-ring (bicyclic) bond motifs is 1. The number of methoxy groups -OCH3 is 2. The molecule has 0 unspecified atom stereocenters. The lowest BCUT2D eigenvalue weighted by atomic mass is 9.89. The van der Waals surface area contributed by atoms with E-state index < -0.39 is 24.1 Å². The average molecular weight is 497 g/mol. The van der Waals surface area contributed by atoms with E-state index in [2.05, 4.69) is 11.8 Å². The molecule has 8 heteroatoms. The van der Waals surface area contributed by atoms with Gasteiger partial charge in [-0.2, -0.15) is 0 Å². The van der Waals surface area contributed by atoms with Gasteiger partial charge in [-0.25, -0.2) is 0 Å². The molecule has 0 fully saturated rings. The summed E-state index contributed by atoms with van der Waals surface area (Å²) in [6.45, 7) is 2.69. The number of phenols is 2. The maximum absolute atomic E-state index is 11.9. The molecule has 1 aliphatic carbocycles. The Hall–Kier alpha value is -3.86. The lowest BCUT2D eigenvalue weighted by molar-refractivity contribution is -0.153. The molecule has 0 heterocycles. The summed E-state index contributed by atoms with van der Waals surface area (Å²) in [5.41, 5.74) is 2.55. The number of carbonyl (C=O) groups excluding carboxylic acids is 2. The number of hydrogen-bond acceptors (Lipinski definition) is 8. The third-order valence-corrected chi connectivity index (χ3v) is 6.09. The number of rotatable bonds is 5. The summed E-state index contributed by atoms with van der Waals surface area (Å²) >= 11 is 0. The molecule has 192 valence electrons. The minimum absolute atomic E-state index is 0.00664. The molecule has 2 aromatic rings. The van der Waals surface area contributed by atoms with E-state index in [0.717, 1.165) is 16.7 Å². The van der Waals surface area contributed by atoms with Crippen LogP contribution in [0.2, 0.25) is 0 Å². The molecule has 36 heavy (non-hydrogen) atoms. The number of carbonyl (C=O) groups is 2. The minimum Gasteiger partial charge on any atom is -0.504 e. The maximum Gasteiger partial charge on any atom is 0.302 e. The Morgan fingerprint density at radius 2 is 1.53 bits per heavy atom. The molecule has 1 aliphatic rings. The van der Waals surface area contributed by atoms with Crippen molar-refractivity contribution in [1.82, 2.24) is 0 Å². The van der Waals surface area contributed by atoms with Crippen LogP contribution in [0.5, 0.6) is 23.0 Å². The molecule has 0 aromatic heterocycles. The van der Waals surface area contributed by atoms with Gasteiger partial charge < -0.3 is 29.2 Å². The summed E-state index contributed by atoms with van der Waals surface area (Å²) < 4.78 is 21.8. The SMILES string of the molecule is COc1cc([C@@H]2C#CCc3cc(O)c(OC)cc3CC[C@@H](OC(C)=O)C[C@@H](OC(C)=O)C2)ccc1O. The molecule has 0 aliphatic heterocycles. The monoisotopic (exact) mass is 496 g/mol. The van der Waals surface area contributed by atoms with E-state index in [1.165, 1.54) is 34.1 Å². The predicted molar refractivity (Wildman–Crippen MR) is 132 cm³/mol. The highest BCUT2D eigenvalue weighted by molar-refractivity contribution is 5.66. The van der Waals surface area contributed by atoms with Crippen molar-refractivity contribution < 1.29 is 38.7 Å². The van der Waals surface area contributed by atoms with Crippen LogP contribution < -0.4 is 9.47 Å². The molecule has 0 radical (unpaired) electrons. The molecule has 0 spiro atoms. The van der Waals surface area contributed by atoms with Crippen molar-refractivity contribution in [2.45, 2.75) is 64.1 Å². The lowest BCUT2D eigenvalue weighted by Gasteiger charge is -2.26. The number of benzene rings is 2. The fraction of sp³-hybridized carbons (Fsp3) is 0.429. The molecule has 3 atom stereocenters. The average Bonchev–Trinajstić information content (AvgIpc) is 2.81. The van der Waals surface area contributed by atoms with Crippen LogP contribution in [0.4, 0.5) is 0 Å². The second-order valence-corrected chi connectivity index (χ2v) is 8.75. The van der Waals surface area contributed by atoms with Gasteiger partial charge in [-0.05, 0) is 53.8 Å². The third kappa shape index (κ3) is 7.08. The van der Waals surface area contributed by atoms with Crippen LogP contribution in [-0.4, -0.2) is 48.6 Å². The number of esters is 2. The van der Waals surface area contributed by atoms with Gasteiger partial charge in [0.25, 0.3) is 0 Å². The first-order valence-electron chi connectivity index (χ1n) is 11.8. The van der Waals surface area contributed by atoms with Crippen LogP contribution in [0.15, 0.2) is 30.3 Å². The van der Waals surface area contributed by atoms with E-state index in [9.17, 15) is 19.8 Å². The van der Waals surface area contributed by atoms with Gasteiger partial charge in [-0.3, -0.25) is 9.59 Å². The van der Waals surface area contributed by atoms with Crippen molar-refractivity contribution in [3.63, 3.8) is 0 Å². The van der Waals surface area contributed by atoms with Crippen LogP contribution in [0, 0.1) is 11.8 Å². The normalized spacial score (nSPS) is 19.8. The van der Waals surface area contributed by atoms with Crippen LogP contribution in [-0.2, 0) is 31.9 Å². The van der Waals surface area contributed by atoms with E-state index in [0.29, 0.717) is 43.6 Å². The van der Waals surface area contributed by atoms with Crippen molar-refractivity contribution in [1.29, 1.82) is 0 Å². The topological polar surface area (TPSA) is 112 Å². The van der Waals surface area contributed by atoms with Gasteiger partial charge in [-0.1, -0.05) is 17.9 Å². The van der Waals surface area contributed by atoms with Crippen molar-refractivity contribution in [3.8, 4) is 34.8 Å². The molecule has 0 bridgehead atoms. The molecule has 0 amide bonds. The van der Waals surface area contributed by atoms with E-state index in [4.69, 9.17) is 18.9 Å². The van der Waals surface area contributed by atoms with Gasteiger partial charge in [0.2, 0.25) is 0 Å². The van der Waals surface area contributed by atoms with E-state index in [1.54, 1.807) is 24.3 Å². The van der Waals surface area contributed by atoms with E-state index in [1.807, 2.05) is 0 Å². The molecule has 8 nitrogen and oxygen atoms in total. The second-order valence-electron chi connectivity index (χ2n) is 8.75. The zero-order valence-corrected chi connectivity index (χ0v) is 21.0. The summed E-state index contributed by atoms with van der Waals surface area (Å²) in [7, 11) is 2.95. The highest BCUT2D eigenvalue weighted by Gasteiger charge is 2.26. The fourth-order valence-electron chi connectivity index (χ4n) is 4.43. The van der Waals surface area contributed by atoms with Gasteiger partial charge in [0.15, 0.2) is 23.0 Å². The standard InChI is InChI=1S/C28H32O8/c1-17(29)35-23-10-8-21-15-28(34-4)26(32)13-20(21)7-5-6-19(12-24(16-23)36-18(2)30)22-9-11-25(31)27(14-22)33-3/h9,11,13-15,19,23-24,31-32H,7-8,10,12,16H2,1-4H3/t19-,23-,24+/m1/s1. The van der Waals surface area contributed by atoms with Crippen molar-refractivity contribution in [2.24, 2.45) is 0 Å². The Balaban J connectivity index is 2.07. The van der Waals surface area contributed by atoms with Gasteiger partial charge in [0.1, 0.15) is 12.2 Å². The number of phenolic OH excluding ortho intramolecular Hbond substituents is 2. The fourth-order valence-corrected chi connectivity index (χ4v) is 4.43. The van der Waals surface area contributed by atoms with Crippen molar-refractivity contribution >= 4 is 11.9 Å². The Morgan fingerprint density at radius 1 is 0.861 bits per heavy atom. The molecule has 2 aromatic carbocycles. The Bertz CT molecular complexity index is 1160. The molecular formula is C28H32O8.